The fourth-order valence-electron chi connectivity index (χ4n) is 1.80. The molecule has 0 unspecified atom stereocenters. The normalized spacial score (nSPS) is 10.3. The quantitative estimate of drug-likeness (QED) is 0.602. The van der Waals surface area contributed by atoms with Crippen molar-refractivity contribution in [1.82, 2.24) is 35.5 Å². The third-order valence-corrected chi connectivity index (χ3v) is 2.89. The molecule has 0 aliphatic carbocycles. The van der Waals surface area contributed by atoms with Crippen molar-refractivity contribution in [3.05, 3.63) is 48.9 Å². The molecule has 116 valence electrons. The van der Waals surface area contributed by atoms with Crippen LogP contribution in [0.3, 0.4) is 0 Å². The van der Waals surface area contributed by atoms with Gasteiger partial charge in [0.25, 0.3) is 0 Å². The standard InChI is InChI=1S/C14H14N8O/c23-13(9-18-10-2-1-3-15-6-10)19-8-12-20-14(22-21-12)11-7-16-4-5-17-11/h1-7,18H,8-9H2,(H,19,23)(H,20,21,22). The molecule has 3 N–H and O–H groups in total. The van der Waals surface area contributed by atoms with Gasteiger partial charge >= 0.3 is 0 Å². The molecule has 23 heavy (non-hydrogen) atoms. The maximum atomic E-state index is 11.8. The van der Waals surface area contributed by atoms with Crippen molar-refractivity contribution in [3.8, 4) is 11.5 Å². The monoisotopic (exact) mass is 310 g/mol. The molecule has 0 aromatic carbocycles. The Kier molecular flexibility index (Phi) is 4.48. The summed E-state index contributed by atoms with van der Waals surface area (Å²) >= 11 is 0. The van der Waals surface area contributed by atoms with Crippen LogP contribution in [0.4, 0.5) is 5.69 Å². The first-order chi connectivity index (χ1) is 11.3. The van der Waals surface area contributed by atoms with Gasteiger partial charge < -0.3 is 10.6 Å². The Hall–Kier alpha value is -3.36. The highest BCUT2D eigenvalue weighted by Crippen LogP contribution is 2.08. The topological polar surface area (TPSA) is 121 Å². The van der Waals surface area contributed by atoms with Gasteiger partial charge in [-0.1, -0.05) is 0 Å². The van der Waals surface area contributed by atoms with Gasteiger partial charge in [0.05, 0.1) is 25.0 Å². The fourth-order valence-corrected chi connectivity index (χ4v) is 1.80. The first-order valence-electron chi connectivity index (χ1n) is 6.89. The molecule has 0 saturated carbocycles. The number of hydrogen-bond acceptors (Lipinski definition) is 7. The average Bonchev–Trinajstić information content (AvgIpc) is 3.09. The van der Waals surface area contributed by atoms with Crippen LogP contribution < -0.4 is 10.6 Å². The van der Waals surface area contributed by atoms with Gasteiger partial charge in [0, 0.05) is 24.8 Å². The molecule has 0 radical (unpaired) electrons. The van der Waals surface area contributed by atoms with Crippen LogP contribution >= 0.6 is 0 Å². The van der Waals surface area contributed by atoms with Crippen molar-refractivity contribution < 1.29 is 4.79 Å². The van der Waals surface area contributed by atoms with Crippen LogP contribution in [0.5, 0.6) is 0 Å². The number of carbonyl (C=O) groups excluding carboxylic acids is 1. The average molecular weight is 310 g/mol. The van der Waals surface area contributed by atoms with Crippen molar-refractivity contribution in [2.24, 2.45) is 0 Å². The molecular formula is C14H14N8O. The van der Waals surface area contributed by atoms with Crippen molar-refractivity contribution in [1.29, 1.82) is 0 Å². The lowest BCUT2D eigenvalue weighted by Crippen LogP contribution is -2.29. The molecular weight excluding hydrogens is 296 g/mol. The SMILES string of the molecule is O=C(CNc1cccnc1)NCc1nc(-c2cnccn2)n[nH]1. The minimum Gasteiger partial charge on any atom is -0.375 e. The van der Waals surface area contributed by atoms with E-state index in [4.69, 9.17) is 0 Å². The summed E-state index contributed by atoms with van der Waals surface area (Å²) in [5.41, 5.74) is 1.35. The summed E-state index contributed by atoms with van der Waals surface area (Å²) in [6.07, 6.45) is 8.04. The van der Waals surface area contributed by atoms with E-state index in [1.165, 1.54) is 0 Å². The summed E-state index contributed by atoms with van der Waals surface area (Å²) in [6, 6.07) is 3.63. The molecule has 3 aromatic heterocycles. The predicted octanol–water partition coefficient (Wildman–Crippen LogP) is 0.385. The van der Waals surface area contributed by atoms with E-state index in [0.29, 0.717) is 17.3 Å². The summed E-state index contributed by atoms with van der Waals surface area (Å²) in [5.74, 6) is 0.822. The lowest BCUT2D eigenvalue weighted by Gasteiger charge is -2.05. The van der Waals surface area contributed by atoms with E-state index >= 15 is 0 Å². The van der Waals surface area contributed by atoms with Gasteiger partial charge in [-0.05, 0) is 12.1 Å². The zero-order valence-corrected chi connectivity index (χ0v) is 12.1. The number of aromatic nitrogens is 6. The lowest BCUT2D eigenvalue weighted by molar-refractivity contribution is -0.119. The van der Waals surface area contributed by atoms with E-state index in [1.807, 2.05) is 6.07 Å². The Bertz CT molecular complexity index is 759. The number of H-pyrrole nitrogens is 1. The van der Waals surface area contributed by atoms with E-state index < -0.39 is 0 Å². The molecule has 9 nitrogen and oxygen atoms in total. The summed E-state index contributed by atoms with van der Waals surface area (Å²) in [4.78, 5) is 28.1. The lowest BCUT2D eigenvalue weighted by atomic mass is 10.4. The Labute approximate surface area is 131 Å². The van der Waals surface area contributed by atoms with Crippen LogP contribution in [-0.4, -0.2) is 42.6 Å². The highest BCUT2D eigenvalue weighted by Gasteiger charge is 2.08. The number of nitrogens with one attached hydrogen (secondary N) is 3. The molecule has 0 aliphatic rings. The van der Waals surface area contributed by atoms with Crippen LogP contribution in [0.15, 0.2) is 43.1 Å². The van der Waals surface area contributed by atoms with Crippen molar-refractivity contribution in [2.75, 3.05) is 11.9 Å². The number of hydrogen-bond donors (Lipinski definition) is 3. The number of pyridine rings is 1. The van der Waals surface area contributed by atoms with Gasteiger partial charge in [0.15, 0.2) is 0 Å². The molecule has 9 heteroatoms. The van der Waals surface area contributed by atoms with Crippen LogP contribution in [-0.2, 0) is 11.3 Å². The summed E-state index contributed by atoms with van der Waals surface area (Å²) < 4.78 is 0. The van der Waals surface area contributed by atoms with E-state index in [-0.39, 0.29) is 19.0 Å². The minimum absolute atomic E-state index is 0.150. The third kappa shape index (κ3) is 4.06. The predicted molar refractivity (Wildman–Crippen MR) is 82.0 cm³/mol. The summed E-state index contributed by atoms with van der Waals surface area (Å²) in [6.45, 7) is 0.400. The first kappa shape index (κ1) is 14.6. The van der Waals surface area contributed by atoms with Crippen LogP contribution in [0, 0.1) is 0 Å². The number of anilines is 1. The smallest absolute Gasteiger partial charge is 0.239 e. The van der Waals surface area contributed by atoms with Gasteiger partial charge in [0.1, 0.15) is 11.5 Å². The largest absolute Gasteiger partial charge is 0.375 e. The maximum Gasteiger partial charge on any atom is 0.239 e. The third-order valence-electron chi connectivity index (χ3n) is 2.89. The second-order valence-electron chi connectivity index (χ2n) is 4.57. The first-order valence-corrected chi connectivity index (χ1v) is 6.89. The Morgan fingerprint density at radius 2 is 2.09 bits per heavy atom. The second-order valence-corrected chi connectivity index (χ2v) is 4.57. The van der Waals surface area contributed by atoms with Crippen molar-refractivity contribution >= 4 is 11.6 Å². The molecule has 0 atom stereocenters. The maximum absolute atomic E-state index is 11.8. The molecule has 0 spiro atoms. The molecule has 3 heterocycles. The zero-order chi connectivity index (χ0) is 15.9. The Morgan fingerprint density at radius 3 is 2.87 bits per heavy atom. The van der Waals surface area contributed by atoms with E-state index in [0.717, 1.165) is 5.69 Å². The summed E-state index contributed by atoms with van der Waals surface area (Å²) in [7, 11) is 0. The van der Waals surface area contributed by atoms with Gasteiger partial charge in [-0.2, -0.15) is 5.10 Å². The van der Waals surface area contributed by atoms with Crippen LogP contribution in [0.1, 0.15) is 5.82 Å². The molecule has 3 aromatic rings. The zero-order valence-electron chi connectivity index (χ0n) is 12.1. The Morgan fingerprint density at radius 1 is 1.17 bits per heavy atom. The van der Waals surface area contributed by atoms with E-state index in [9.17, 15) is 4.79 Å². The number of carbonyl (C=O) groups is 1. The molecule has 0 aliphatic heterocycles. The summed E-state index contributed by atoms with van der Waals surface area (Å²) in [5, 5.41) is 12.5. The molecule has 3 rings (SSSR count). The second kappa shape index (κ2) is 7.07. The van der Waals surface area contributed by atoms with Gasteiger partial charge in [-0.15, -0.1) is 0 Å². The number of rotatable bonds is 6. The molecule has 1 amide bonds. The minimum atomic E-state index is -0.161. The molecule has 0 bridgehead atoms. The molecule has 0 fully saturated rings. The van der Waals surface area contributed by atoms with Gasteiger partial charge in [0.2, 0.25) is 11.7 Å². The van der Waals surface area contributed by atoms with Gasteiger partial charge in [-0.25, -0.2) is 9.97 Å². The van der Waals surface area contributed by atoms with E-state index in [1.54, 1.807) is 37.1 Å². The highest BCUT2D eigenvalue weighted by molar-refractivity contribution is 5.80. The molecule has 0 saturated heterocycles. The van der Waals surface area contributed by atoms with Crippen LogP contribution in [0.25, 0.3) is 11.5 Å². The number of amides is 1. The van der Waals surface area contributed by atoms with E-state index in [2.05, 4.69) is 40.8 Å². The Balaban J connectivity index is 1.49. The van der Waals surface area contributed by atoms with Crippen molar-refractivity contribution in [3.63, 3.8) is 0 Å². The van der Waals surface area contributed by atoms with Gasteiger partial charge in [-0.3, -0.25) is 19.9 Å². The number of aromatic amines is 1. The van der Waals surface area contributed by atoms with Crippen molar-refractivity contribution in [2.45, 2.75) is 6.54 Å². The highest BCUT2D eigenvalue weighted by atomic mass is 16.1. The fraction of sp³-hybridized carbons (Fsp3) is 0.143. The number of nitrogens with zero attached hydrogens (tertiary/aromatic N) is 5. The van der Waals surface area contributed by atoms with Crippen LogP contribution in [0.2, 0.25) is 0 Å².